The Bertz CT molecular complexity index is 478. The van der Waals surface area contributed by atoms with Crippen molar-refractivity contribution in [3.63, 3.8) is 0 Å². The molecule has 1 aliphatic heterocycles. The van der Waals surface area contributed by atoms with Crippen molar-refractivity contribution in [2.45, 2.75) is 44.3 Å². The summed E-state index contributed by atoms with van der Waals surface area (Å²) in [6.45, 7) is 2.85. The predicted octanol–water partition coefficient (Wildman–Crippen LogP) is 2.18. The maximum atomic E-state index is 11.7. The van der Waals surface area contributed by atoms with E-state index in [4.69, 9.17) is 11.5 Å². The summed E-state index contributed by atoms with van der Waals surface area (Å²) in [5, 5.41) is 0. The molecular weight excluding hydrogens is 318 g/mol. The molecule has 3 atom stereocenters. The second-order valence-electron chi connectivity index (χ2n) is 5.51. The van der Waals surface area contributed by atoms with E-state index < -0.39 is 0 Å². The van der Waals surface area contributed by atoms with Gasteiger partial charge in [-0.3, -0.25) is 9.69 Å². The number of nitrogens with two attached hydrogens (primary N) is 2. The number of hydrogen-bond donors (Lipinski definition) is 2. The zero-order valence-electron chi connectivity index (χ0n) is 11.8. The molecule has 1 aromatic rings. The second-order valence-corrected chi connectivity index (χ2v) is 6.43. The smallest absolute Gasteiger partial charge is 0.234 e. The quantitative estimate of drug-likeness (QED) is 0.882. The first kappa shape index (κ1) is 15.5. The lowest BCUT2D eigenvalue weighted by molar-refractivity contribution is -0.125. The van der Waals surface area contributed by atoms with Gasteiger partial charge in [-0.25, -0.2) is 0 Å². The highest BCUT2D eigenvalue weighted by Crippen LogP contribution is 2.31. The first-order valence-electron chi connectivity index (χ1n) is 7.07. The number of nitrogens with zero attached hydrogens (tertiary/aromatic N) is 1. The summed E-state index contributed by atoms with van der Waals surface area (Å²) in [5.41, 5.74) is 12.9. The minimum atomic E-state index is -0.245. The van der Waals surface area contributed by atoms with E-state index in [2.05, 4.69) is 33.0 Å². The van der Waals surface area contributed by atoms with Gasteiger partial charge in [0.1, 0.15) is 0 Å². The number of likely N-dealkylation sites (tertiary alicyclic amines) is 1. The summed E-state index contributed by atoms with van der Waals surface area (Å²) in [5.74, 6) is -0.245. The Morgan fingerprint density at radius 1 is 1.45 bits per heavy atom. The zero-order valence-corrected chi connectivity index (χ0v) is 13.3. The van der Waals surface area contributed by atoms with Gasteiger partial charge in [-0.05, 0) is 44.0 Å². The first-order chi connectivity index (χ1) is 9.50. The molecule has 0 saturated carbocycles. The van der Waals surface area contributed by atoms with E-state index in [1.165, 1.54) is 0 Å². The van der Waals surface area contributed by atoms with Crippen LogP contribution in [-0.4, -0.2) is 29.4 Å². The summed E-state index contributed by atoms with van der Waals surface area (Å²) in [6, 6.07) is 7.86. The van der Waals surface area contributed by atoms with Gasteiger partial charge in [0.25, 0.3) is 0 Å². The summed E-state index contributed by atoms with van der Waals surface area (Å²) in [4.78, 5) is 13.9. The lowest BCUT2D eigenvalue weighted by Crippen LogP contribution is -2.52. The molecular formula is C15H22BrN3O. The topological polar surface area (TPSA) is 72.3 Å². The van der Waals surface area contributed by atoms with Crippen LogP contribution < -0.4 is 11.5 Å². The lowest BCUT2D eigenvalue weighted by atomic mass is 9.92. The summed E-state index contributed by atoms with van der Waals surface area (Å²) in [6.07, 6.45) is 2.96. The molecule has 4 N–H and O–H groups in total. The molecule has 1 heterocycles. The minimum Gasteiger partial charge on any atom is -0.368 e. The van der Waals surface area contributed by atoms with Gasteiger partial charge in [0.2, 0.25) is 5.91 Å². The molecule has 1 fully saturated rings. The number of piperidine rings is 1. The molecule has 1 saturated heterocycles. The van der Waals surface area contributed by atoms with E-state index in [0.29, 0.717) is 0 Å². The van der Waals surface area contributed by atoms with Crippen molar-refractivity contribution < 1.29 is 4.79 Å². The minimum absolute atomic E-state index is 0.0188. The highest BCUT2D eigenvalue weighted by atomic mass is 79.9. The maximum absolute atomic E-state index is 11.7. The van der Waals surface area contributed by atoms with Crippen molar-refractivity contribution in [3.05, 3.63) is 34.3 Å². The Balaban J connectivity index is 2.34. The van der Waals surface area contributed by atoms with Crippen LogP contribution in [0.25, 0.3) is 0 Å². The van der Waals surface area contributed by atoms with E-state index in [9.17, 15) is 4.79 Å². The highest BCUT2D eigenvalue weighted by Gasteiger charge is 2.34. The normalized spacial score (nSPS) is 23.2. The molecule has 0 aromatic heterocycles. The van der Waals surface area contributed by atoms with Crippen molar-refractivity contribution in [2.75, 3.05) is 6.54 Å². The van der Waals surface area contributed by atoms with E-state index in [1.807, 2.05) is 19.1 Å². The number of halogens is 1. The van der Waals surface area contributed by atoms with Crippen LogP contribution in [0.4, 0.5) is 0 Å². The van der Waals surface area contributed by atoms with Gasteiger partial charge < -0.3 is 11.5 Å². The van der Waals surface area contributed by atoms with Crippen LogP contribution in [-0.2, 0) is 4.79 Å². The van der Waals surface area contributed by atoms with Crippen molar-refractivity contribution in [2.24, 2.45) is 11.5 Å². The van der Waals surface area contributed by atoms with Gasteiger partial charge in [0, 0.05) is 10.5 Å². The van der Waals surface area contributed by atoms with Crippen LogP contribution in [0.15, 0.2) is 28.7 Å². The summed E-state index contributed by atoms with van der Waals surface area (Å²) >= 11 is 3.50. The molecule has 4 nitrogen and oxygen atoms in total. The maximum Gasteiger partial charge on any atom is 0.234 e. The number of carbonyl (C=O) groups is 1. The lowest BCUT2D eigenvalue weighted by Gasteiger charge is -2.41. The van der Waals surface area contributed by atoms with Crippen LogP contribution in [0.5, 0.6) is 0 Å². The Morgan fingerprint density at radius 3 is 2.80 bits per heavy atom. The van der Waals surface area contributed by atoms with Gasteiger partial charge >= 0.3 is 0 Å². The average molecular weight is 340 g/mol. The zero-order chi connectivity index (χ0) is 14.7. The molecule has 1 aromatic carbocycles. The number of amides is 1. The number of rotatable bonds is 4. The molecule has 0 spiro atoms. The summed E-state index contributed by atoms with van der Waals surface area (Å²) in [7, 11) is 0. The van der Waals surface area contributed by atoms with E-state index in [0.717, 1.165) is 35.8 Å². The molecule has 0 aliphatic carbocycles. The van der Waals surface area contributed by atoms with Gasteiger partial charge in [0.05, 0.1) is 12.1 Å². The van der Waals surface area contributed by atoms with E-state index >= 15 is 0 Å². The van der Waals surface area contributed by atoms with Crippen molar-refractivity contribution >= 4 is 21.8 Å². The van der Waals surface area contributed by atoms with E-state index in [1.54, 1.807) is 0 Å². The molecule has 5 heteroatoms. The molecule has 3 unspecified atom stereocenters. The Kier molecular flexibility index (Phi) is 5.18. The highest BCUT2D eigenvalue weighted by molar-refractivity contribution is 9.10. The molecule has 2 rings (SSSR count). The summed E-state index contributed by atoms with van der Waals surface area (Å²) < 4.78 is 1.02. The third-order valence-electron chi connectivity index (χ3n) is 3.92. The fraction of sp³-hybridized carbons (Fsp3) is 0.533. The van der Waals surface area contributed by atoms with Gasteiger partial charge in [-0.1, -0.05) is 34.5 Å². The Labute approximate surface area is 128 Å². The fourth-order valence-corrected chi connectivity index (χ4v) is 3.50. The van der Waals surface area contributed by atoms with Crippen LogP contribution in [0.3, 0.4) is 0 Å². The molecule has 1 aliphatic rings. The Hall–Kier alpha value is -0.910. The number of benzene rings is 1. The van der Waals surface area contributed by atoms with Crippen molar-refractivity contribution in [1.29, 1.82) is 0 Å². The Morgan fingerprint density at radius 2 is 2.20 bits per heavy atom. The third kappa shape index (κ3) is 3.40. The van der Waals surface area contributed by atoms with Gasteiger partial charge in [-0.2, -0.15) is 0 Å². The standard InChI is InChI=1S/C15H22BrN3O/c1-10(17)14(11-5-4-6-12(16)9-11)19-8-3-2-7-13(19)15(18)20/h4-6,9-10,13-14H,2-3,7-8,17H2,1H3,(H2,18,20). The first-order valence-corrected chi connectivity index (χ1v) is 7.86. The predicted molar refractivity (Wildman–Crippen MR) is 84.1 cm³/mol. The number of hydrogen-bond acceptors (Lipinski definition) is 3. The third-order valence-corrected chi connectivity index (χ3v) is 4.41. The van der Waals surface area contributed by atoms with Crippen LogP contribution in [0, 0.1) is 0 Å². The van der Waals surface area contributed by atoms with Crippen molar-refractivity contribution in [1.82, 2.24) is 4.90 Å². The molecule has 1 amide bonds. The number of primary amides is 1. The monoisotopic (exact) mass is 339 g/mol. The van der Waals surface area contributed by atoms with Crippen LogP contribution >= 0.6 is 15.9 Å². The average Bonchev–Trinajstić information content (AvgIpc) is 2.39. The van der Waals surface area contributed by atoms with Crippen LogP contribution in [0.2, 0.25) is 0 Å². The second kappa shape index (κ2) is 6.70. The van der Waals surface area contributed by atoms with Crippen molar-refractivity contribution in [3.8, 4) is 0 Å². The molecule has 20 heavy (non-hydrogen) atoms. The molecule has 0 bridgehead atoms. The molecule has 0 radical (unpaired) electrons. The molecule has 110 valence electrons. The SMILES string of the molecule is CC(N)C(c1cccc(Br)c1)N1CCCCC1C(N)=O. The number of carbonyl (C=O) groups excluding carboxylic acids is 1. The van der Waals surface area contributed by atoms with Gasteiger partial charge in [0.15, 0.2) is 0 Å². The van der Waals surface area contributed by atoms with E-state index in [-0.39, 0.29) is 24.0 Å². The van der Waals surface area contributed by atoms with Crippen LogP contribution in [0.1, 0.15) is 37.8 Å². The largest absolute Gasteiger partial charge is 0.368 e. The van der Waals surface area contributed by atoms with Gasteiger partial charge in [-0.15, -0.1) is 0 Å². The fourth-order valence-electron chi connectivity index (χ4n) is 3.08.